The molecule has 1 aliphatic heterocycles. The zero-order valence-corrected chi connectivity index (χ0v) is 15.5. The Morgan fingerprint density at radius 3 is 2.88 bits per heavy atom. The van der Waals surface area contributed by atoms with Crippen molar-refractivity contribution in [2.75, 3.05) is 10.6 Å². The van der Waals surface area contributed by atoms with E-state index in [4.69, 9.17) is 0 Å². The summed E-state index contributed by atoms with van der Waals surface area (Å²) in [5, 5.41) is 9.14. The van der Waals surface area contributed by atoms with Gasteiger partial charge in [-0.15, -0.1) is 4.68 Å². The summed E-state index contributed by atoms with van der Waals surface area (Å²) in [6.07, 6.45) is 3.24. The zero-order chi connectivity index (χ0) is 18.1. The van der Waals surface area contributed by atoms with Crippen molar-refractivity contribution in [3.63, 3.8) is 0 Å². The van der Waals surface area contributed by atoms with E-state index >= 15 is 0 Å². The van der Waals surface area contributed by atoms with E-state index in [9.17, 15) is 4.79 Å². The van der Waals surface area contributed by atoms with Crippen molar-refractivity contribution in [1.29, 1.82) is 0 Å². The van der Waals surface area contributed by atoms with Gasteiger partial charge in [0.25, 0.3) is 5.91 Å². The molecule has 130 valence electrons. The number of hydrogen-bond donors (Lipinski definition) is 3. The second-order valence-corrected chi connectivity index (χ2v) is 6.79. The van der Waals surface area contributed by atoms with Gasteiger partial charge in [-0.3, -0.25) is 4.79 Å². The normalized spacial score (nSPS) is 16.0. The second-order valence-electron chi connectivity index (χ2n) is 5.87. The number of fused-ring (bicyclic) bond motifs is 1. The molecule has 1 amide bonds. The Hall–Kier alpha value is -3.00. The lowest BCUT2D eigenvalue weighted by Gasteiger charge is -2.24. The van der Waals surface area contributed by atoms with E-state index in [2.05, 4.69) is 41.6 Å². The third-order valence-electron chi connectivity index (χ3n) is 4.16. The molecule has 4 rings (SSSR count). The SMILES string of the molecule is CC1=C(C(=O)Nc2ccccn2)C(c2cccc(Br)c2)[n+]2[nH]cnc2N1. The fourth-order valence-electron chi connectivity index (χ4n) is 3.04. The van der Waals surface area contributed by atoms with Crippen LogP contribution in [0.1, 0.15) is 18.5 Å². The highest BCUT2D eigenvalue weighted by molar-refractivity contribution is 9.10. The molecule has 8 heteroatoms. The minimum atomic E-state index is -0.338. The van der Waals surface area contributed by atoms with Crippen LogP contribution in [0, 0.1) is 0 Å². The maximum atomic E-state index is 13.1. The Bertz CT molecular complexity index is 998. The number of aromatic amines is 1. The van der Waals surface area contributed by atoms with E-state index in [1.54, 1.807) is 24.7 Å². The van der Waals surface area contributed by atoms with E-state index in [1.165, 1.54) is 0 Å². The molecule has 1 aromatic carbocycles. The van der Waals surface area contributed by atoms with Crippen molar-refractivity contribution in [3.05, 3.63) is 76.3 Å². The van der Waals surface area contributed by atoms with E-state index in [1.807, 2.05) is 41.9 Å². The first-order valence-corrected chi connectivity index (χ1v) is 8.83. The molecule has 2 aromatic heterocycles. The topological polar surface area (TPSA) is 86.6 Å². The molecule has 0 bridgehead atoms. The van der Waals surface area contributed by atoms with Crippen LogP contribution in [-0.2, 0) is 4.79 Å². The summed E-state index contributed by atoms with van der Waals surface area (Å²) < 4.78 is 2.78. The first-order chi connectivity index (χ1) is 12.6. The summed E-state index contributed by atoms with van der Waals surface area (Å²) in [6.45, 7) is 1.87. The van der Waals surface area contributed by atoms with Gasteiger partial charge in [0.1, 0.15) is 5.82 Å². The summed E-state index contributed by atoms with van der Waals surface area (Å²) in [6, 6.07) is 12.9. The molecule has 1 unspecified atom stereocenters. The number of anilines is 2. The van der Waals surface area contributed by atoms with Crippen molar-refractivity contribution < 1.29 is 9.48 Å². The van der Waals surface area contributed by atoms with Crippen LogP contribution in [0.25, 0.3) is 0 Å². The highest BCUT2D eigenvalue weighted by atomic mass is 79.9. The average Bonchev–Trinajstić information content (AvgIpc) is 3.09. The lowest BCUT2D eigenvalue weighted by atomic mass is 9.95. The minimum Gasteiger partial charge on any atom is -0.307 e. The van der Waals surface area contributed by atoms with Crippen molar-refractivity contribution >= 4 is 33.6 Å². The lowest BCUT2D eigenvalue weighted by Crippen LogP contribution is -2.50. The van der Waals surface area contributed by atoms with E-state index in [0.717, 1.165) is 15.7 Å². The Kier molecular flexibility index (Phi) is 4.26. The second kappa shape index (κ2) is 6.72. The van der Waals surface area contributed by atoms with E-state index in [-0.39, 0.29) is 11.9 Å². The standard InChI is InChI=1S/C18H15BrN6O/c1-11-15(17(26)24-14-7-2-3-8-20-14)16(12-5-4-6-13(19)9-12)25-18(23-11)21-10-22-25/h2-10,16H,1H3,(H2,20,21,22,23,24,26)/p+1. The van der Waals surface area contributed by atoms with Gasteiger partial charge < -0.3 is 5.32 Å². The summed E-state index contributed by atoms with van der Waals surface area (Å²) in [4.78, 5) is 21.5. The molecule has 0 spiro atoms. The molecular formula is C18H16BrN6O+. The van der Waals surface area contributed by atoms with Gasteiger partial charge >= 0.3 is 5.95 Å². The number of H-pyrrole nitrogens is 1. The number of carbonyl (C=O) groups excluding carboxylic acids is 1. The van der Waals surface area contributed by atoms with Gasteiger partial charge in [0, 0.05) is 10.7 Å². The maximum absolute atomic E-state index is 13.1. The largest absolute Gasteiger partial charge is 0.416 e. The number of aromatic nitrogens is 4. The number of nitrogens with one attached hydrogen (secondary N) is 3. The first kappa shape index (κ1) is 16.5. The van der Waals surface area contributed by atoms with Crippen LogP contribution in [0.3, 0.4) is 0 Å². The highest BCUT2D eigenvalue weighted by Gasteiger charge is 2.38. The molecule has 0 saturated heterocycles. The van der Waals surface area contributed by atoms with Gasteiger partial charge in [-0.05, 0) is 36.8 Å². The van der Waals surface area contributed by atoms with Gasteiger partial charge in [0.2, 0.25) is 0 Å². The van der Waals surface area contributed by atoms with Crippen molar-refractivity contribution in [1.82, 2.24) is 15.1 Å². The van der Waals surface area contributed by atoms with Crippen LogP contribution in [0.2, 0.25) is 0 Å². The zero-order valence-electron chi connectivity index (χ0n) is 13.9. The molecule has 0 saturated carbocycles. The van der Waals surface area contributed by atoms with Gasteiger partial charge in [0.15, 0.2) is 12.4 Å². The number of halogens is 1. The molecule has 0 fully saturated rings. The van der Waals surface area contributed by atoms with Gasteiger partial charge in [0.05, 0.1) is 11.3 Å². The van der Waals surface area contributed by atoms with Crippen LogP contribution < -0.4 is 15.3 Å². The van der Waals surface area contributed by atoms with Crippen LogP contribution in [-0.4, -0.2) is 21.0 Å². The first-order valence-electron chi connectivity index (χ1n) is 8.04. The molecule has 26 heavy (non-hydrogen) atoms. The molecule has 1 atom stereocenters. The van der Waals surface area contributed by atoms with Crippen molar-refractivity contribution in [2.45, 2.75) is 13.0 Å². The number of amides is 1. The van der Waals surface area contributed by atoms with E-state index in [0.29, 0.717) is 17.3 Å². The van der Waals surface area contributed by atoms with Crippen LogP contribution in [0.15, 0.2) is 70.7 Å². The predicted molar refractivity (Wildman–Crippen MR) is 100 cm³/mol. The maximum Gasteiger partial charge on any atom is 0.416 e. The minimum absolute atomic E-state index is 0.216. The predicted octanol–water partition coefficient (Wildman–Crippen LogP) is 2.78. The average molecular weight is 412 g/mol. The number of rotatable bonds is 3. The van der Waals surface area contributed by atoms with Crippen molar-refractivity contribution in [3.8, 4) is 0 Å². The van der Waals surface area contributed by atoms with Crippen molar-refractivity contribution in [2.24, 2.45) is 0 Å². The highest BCUT2D eigenvalue weighted by Crippen LogP contribution is 2.30. The fraction of sp³-hybridized carbons (Fsp3) is 0.111. The van der Waals surface area contributed by atoms with Crippen LogP contribution in [0.4, 0.5) is 11.8 Å². The molecule has 7 nitrogen and oxygen atoms in total. The van der Waals surface area contributed by atoms with Crippen LogP contribution in [0.5, 0.6) is 0 Å². The summed E-state index contributed by atoms with van der Waals surface area (Å²) in [5.41, 5.74) is 2.30. The van der Waals surface area contributed by atoms with Gasteiger partial charge in [-0.1, -0.05) is 39.1 Å². The quantitative estimate of drug-likeness (QED) is 0.578. The van der Waals surface area contributed by atoms with Gasteiger partial charge in [-0.2, -0.15) is 0 Å². The smallest absolute Gasteiger partial charge is 0.307 e. The Morgan fingerprint density at radius 1 is 1.23 bits per heavy atom. The van der Waals surface area contributed by atoms with Crippen LogP contribution >= 0.6 is 15.9 Å². The Balaban J connectivity index is 1.78. The fourth-order valence-corrected chi connectivity index (χ4v) is 3.46. The molecule has 1 aliphatic rings. The third kappa shape index (κ3) is 2.99. The van der Waals surface area contributed by atoms with Gasteiger partial charge in [-0.25, -0.2) is 15.4 Å². The van der Waals surface area contributed by atoms with E-state index < -0.39 is 0 Å². The summed E-state index contributed by atoms with van der Waals surface area (Å²) in [7, 11) is 0. The molecule has 3 aromatic rings. The summed E-state index contributed by atoms with van der Waals surface area (Å²) >= 11 is 3.51. The number of nitrogens with zero attached hydrogens (tertiary/aromatic N) is 3. The molecule has 0 radical (unpaired) electrons. The lowest BCUT2D eigenvalue weighted by molar-refractivity contribution is -0.746. The molecule has 0 aliphatic carbocycles. The molecule has 3 N–H and O–H groups in total. The molecule has 3 heterocycles. The monoisotopic (exact) mass is 411 g/mol. The third-order valence-corrected chi connectivity index (χ3v) is 4.66. The number of benzene rings is 1. The molecular weight excluding hydrogens is 396 g/mol. The Labute approximate surface area is 158 Å². The number of hydrogen-bond acceptors (Lipinski definition) is 4. The number of allylic oxidation sites excluding steroid dienone is 1. The Morgan fingerprint density at radius 2 is 2.12 bits per heavy atom. The summed E-state index contributed by atoms with van der Waals surface area (Å²) in [5.74, 6) is 0.944. The number of pyridine rings is 1. The number of carbonyl (C=O) groups is 1.